The number of rotatable bonds is 4. The Bertz CT molecular complexity index is 1270. The third-order valence-corrected chi connectivity index (χ3v) is 6.64. The molecule has 0 spiro atoms. The van der Waals surface area contributed by atoms with Crippen LogP contribution in [0.2, 0.25) is 5.15 Å². The average molecular weight is 456 g/mol. The number of alkyl halides is 3. The first kappa shape index (κ1) is 20.5. The van der Waals surface area contributed by atoms with Crippen LogP contribution in [-0.2, 0) is 26.4 Å². The van der Waals surface area contributed by atoms with E-state index in [9.17, 15) is 26.4 Å². The van der Waals surface area contributed by atoms with E-state index in [0.717, 1.165) is 12.1 Å². The molecule has 0 radical (unpaired) electrons. The number of carbonyl (C=O) groups is 1. The van der Waals surface area contributed by atoms with Gasteiger partial charge in [-0.3, -0.25) is 9.78 Å². The lowest BCUT2D eigenvalue weighted by molar-refractivity contribution is -0.141. The highest BCUT2D eigenvalue weighted by Crippen LogP contribution is 2.51. The zero-order valence-corrected chi connectivity index (χ0v) is 16.6. The fourth-order valence-electron chi connectivity index (χ4n) is 3.28. The molecule has 1 saturated carbocycles. The van der Waals surface area contributed by atoms with Gasteiger partial charge in [0.2, 0.25) is 5.91 Å². The maximum absolute atomic E-state index is 12.9. The van der Waals surface area contributed by atoms with Crippen LogP contribution in [0.5, 0.6) is 0 Å². The van der Waals surface area contributed by atoms with E-state index in [4.69, 9.17) is 11.6 Å². The summed E-state index contributed by atoms with van der Waals surface area (Å²) in [6.07, 6.45) is -2.71. The molecule has 1 aromatic carbocycles. The molecule has 6 nitrogen and oxygen atoms in total. The standard InChI is InChI=1S/C19H13ClF3N3O3S/c20-16-12(6-7-15(25-16)19(21,22)23)18(8-9-18)17(27)26-30(28,29)14-5-1-4-13-11(14)3-2-10-24-13/h1-7,10H,8-9H2,(H,26,27). The molecule has 1 N–H and O–H groups in total. The summed E-state index contributed by atoms with van der Waals surface area (Å²) in [5.41, 5.74) is -2.04. The Balaban J connectivity index is 1.67. The predicted molar refractivity (Wildman–Crippen MR) is 102 cm³/mol. The van der Waals surface area contributed by atoms with Crippen LogP contribution in [0.4, 0.5) is 13.2 Å². The first-order chi connectivity index (χ1) is 14.0. The van der Waals surface area contributed by atoms with Crippen molar-refractivity contribution in [2.24, 2.45) is 0 Å². The van der Waals surface area contributed by atoms with Gasteiger partial charge in [-0.1, -0.05) is 23.7 Å². The minimum absolute atomic E-state index is 0.0597. The van der Waals surface area contributed by atoms with Crippen molar-refractivity contribution in [3.05, 3.63) is 65.1 Å². The number of halogens is 4. The molecule has 0 bridgehead atoms. The molecule has 0 atom stereocenters. The van der Waals surface area contributed by atoms with Gasteiger partial charge < -0.3 is 0 Å². The van der Waals surface area contributed by atoms with E-state index in [2.05, 4.69) is 9.97 Å². The molecule has 0 aliphatic heterocycles. The summed E-state index contributed by atoms with van der Waals surface area (Å²) in [7, 11) is -4.26. The number of pyridine rings is 2. The van der Waals surface area contributed by atoms with Crippen molar-refractivity contribution < 1.29 is 26.4 Å². The summed E-state index contributed by atoms with van der Waals surface area (Å²) >= 11 is 5.92. The van der Waals surface area contributed by atoms with Crippen LogP contribution in [0.25, 0.3) is 10.9 Å². The predicted octanol–water partition coefficient (Wildman–Crippen LogP) is 3.84. The van der Waals surface area contributed by atoms with E-state index in [1.54, 1.807) is 18.2 Å². The van der Waals surface area contributed by atoms with Crippen LogP contribution in [-0.4, -0.2) is 24.3 Å². The second-order valence-corrected chi connectivity index (χ2v) is 8.88. The van der Waals surface area contributed by atoms with Crippen LogP contribution >= 0.6 is 11.6 Å². The highest BCUT2D eigenvalue weighted by molar-refractivity contribution is 7.90. The summed E-state index contributed by atoms with van der Waals surface area (Å²) in [5, 5.41) is -0.149. The number of carbonyl (C=O) groups excluding carboxylic acids is 1. The zero-order chi connectivity index (χ0) is 21.7. The third-order valence-electron chi connectivity index (χ3n) is 4.96. The molecule has 0 unspecified atom stereocenters. The number of benzene rings is 1. The maximum atomic E-state index is 12.9. The molecule has 1 aliphatic carbocycles. The summed E-state index contributed by atoms with van der Waals surface area (Å²) < 4.78 is 66.3. The van der Waals surface area contributed by atoms with Gasteiger partial charge in [0.15, 0.2) is 0 Å². The van der Waals surface area contributed by atoms with Gasteiger partial charge in [0.1, 0.15) is 10.8 Å². The second kappa shape index (κ2) is 6.92. The molecule has 30 heavy (non-hydrogen) atoms. The van der Waals surface area contributed by atoms with Crippen LogP contribution in [0.1, 0.15) is 24.1 Å². The van der Waals surface area contributed by atoms with Crippen molar-refractivity contribution >= 4 is 38.4 Å². The zero-order valence-electron chi connectivity index (χ0n) is 15.1. The number of nitrogens with zero attached hydrogens (tertiary/aromatic N) is 2. The number of hydrogen-bond acceptors (Lipinski definition) is 5. The lowest BCUT2D eigenvalue weighted by atomic mass is 9.97. The lowest BCUT2D eigenvalue weighted by Gasteiger charge is -2.18. The fourth-order valence-corrected chi connectivity index (χ4v) is 4.88. The van der Waals surface area contributed by atoms with E-state index in [-0.39, 0.29) is 23.3 Å². The van der Waals surface area contributed by atoms with Crippen molar-refractivity contribution in [1.29, 1.82) is 0 Å². The van der Waals surface area contributed by atoms with Crippen molar-refractivity contribution in [3.63, 3.8) is 0 Å². The number of nitrogens with one attached hydrogen (secondary N) is 1. The Morgan fingerprint density at radius 1 is 1.10 bits per heavy atom. The average Bonchev–Trinajstić information content (AvgIpc) is 3.48. The summed E-state index contributed by atoms with van der Waals surface area (Å²) in [6, 6.07) is 9.39. The number of sulfonamides is 1. The monoisotopic (exact) mass is 455 g/mol. The normalized spacial score (nSPS) is 15.7. The first-order valence-electron chi connectivity index (χ1n) is 8.70. The van der Waals surface area contributed by atoms with Gasteiger partial charge in [0.05, 0.1) is 15.8 Å². The van der Waals surface area contributed by atoms with Crippen molar-refractivity contribution in [2.45, 2.75) is 29.3 Å². The first-order valence-corrected chi connectivity index (χ1v) is 10.6. The van der Waals surface area contributed by atoms with Crippen LogP contribution < -0.4 is 4.72 Å². The maximum Gasteiger partial charge on any atom is 0.433 e. The Labute approximate surface area is 174 Å². The minimum Gasteiger partial charge on any atom is -0.273 e. The Morgan fingerprint density at radius 2 is 1.83 bits per heavy atom. The van der Waals surface area contributed by atoms with Crippen molar-refractivity contribution in [2.75, 3.05) is 0 Å². The molecule has 1 fully saturated rings. The molecule has 11 heteroatoms. The second-order valence-electron chi connectivity index (χ2n) is 6.88. The Hall–Kier alpha value is -2.72. The Kier molecular flexibility index (Phi) is 4.74. The fraction of sp³-hybridized carbons (Fsp3) is 0.211. The van der Waals surface area contributed by atoms with Gasteiger partial charge in [-0.2, -0.15) is 13.2 Å². The molecule has 4 rings (SSSR count). The molecular formula is C19H13ClF3N3O3S. The molecule has 2 aromatic heterocycles. The number of amides is 1. The van der Waals surface area contributed by atoms with E-state index < -0.39 is 38.4 Å². The largest absolute Gasteiger partial charge is 0.433 e. The highest BCUT2D eigenvalue weighted by atomic mass is 35.5. The van der Waals surface area contributed by atoms with Gasteiger partial charge >= 0.3 is 6.18 Å². The SMILES string of the molecule is O=C(NS(=O)(=O)c1cccc2ncccc12)C1(c2ccc(C(F)(F)F)nc2Cl)CC1. The smallest absolute Gasteiger partial charge is 0.273 e. The van der Waals surface area contributed by atoms with E-state index >= 15 is 0 Å². The lowest BCUT2D eigenvalue weighted by Crippen LogP contribution is -2.39. The Morgan fingerprint density at radius 3 is 2.47 bits per heavy atom. The van der Waals surface area contributed by atoms with Gasteiger partial charge in [0, 0.05) is 17.1 Å². The van der Waals surface area contributed by atoms with Crippen LogP contribution in [0.3, 0.4) is 0 Å². The minimum atomic E-state index is -4.69. The van der Waals surface area contributed by atoms with E-state index in [1.807, 2.05) is 4.72 Å². The molecule has 1 amide bonds. The number of hydrogen-bond donors (Lipinski definition) is 1. The topological polar surface area (TPSA) is 89.0 Å². The van der Waals surface area contributed by atoms with Crippen LogP contribution in [0, 0.1) is 0 Å². The molecule has 3 aromatic rings. The molecular weight excluding hydrogens is 443 g/mol. The summed E-state index contributed by atoms with van der Waals surface area (Å²) in [5.74, 6) is -0.869. The van der Waals surface area contributed by atoms with Gasteiger partial charge in [-0.05, 0) is 43.2 Å². The highest BCUT2D eigenvalue weighted by Gasteiger charge is 2.54. The molecule has 0 saturated heterocycles. The van der Waals surface area contributed by atoms with E-state index in [1.165, 1.54) is 18.3 Å². The number of aromatic nitrogens is 2. The number of fused-ring (bicyclic) bond motifs is 1. The summed E-state index contributed by atoms with van der Waals surface area (Å²) in [6.45, 7) is 0. The van der Waals surface area contributed by atoms with Gasteiger partial charge in [-0.25, -0.2) is 18.1 Å². The van der Waals surface area contributed by atoms with Gasteiger partial charge in [0.25, 0.3) is 10.0 Å². The molecule has 156 valence electrons. The molecule has 2 heterocycles. The van der Waals surface area contributed by atoms with Crippen molar-refractivity contribution in [3.8, 4) is 0 Å². The third kappa shape index (κ3) is 3.50. The summed E-state index contributed by atoms with van der Waals surface area (Å²) in [4.78, 5) is 20.2. The van der Waals surface area contributed by atoms with E-state index in [0.29, 0.717) is 10.9 Å². The van der Waals surface area contributed by atoms with Crippen molar-refractivity contribution in [1.82, 2.24) is 14.7 Å². The van der Waals surface area contributed by atoms with Crippen LogP contribution in [0.15, 0.2) is 53.6 Å². The quantitative estimate of drug-likeness (QED) is 0.604. The molecule has 1 aliphatic rings. The van der Waals surface area contributed by atoms with Gasteiger partial charge in [-0.15, -0.1) is 0 Å².